The highest BCUT2D eigenvalue weighted by Crippen LogP contribution is 2.40. The summed E-state index contributed by atoms with van der Waals surface area (Å²) in [6.45, 7) is 4.86. The summed E-state index contributed by atoms with van der Waals surface area (Å²) in [7, 11) is 0. The Labute approximate surface area is 221 Å². The van der Waals surface area contributed by atoms with E-state index in [0.717, 1.165) is 16.5 Å². The minimum Gasteiger partial charge on any atom is -0.508 e. The molecule has 0 spiro atoms. The lowest BCUT2D eigenvalue weighted by Crippen LogP contribution is -2.31. The fourth-order valence-corrected chi connectivity index (χ4v) is 4.84. The molecule has 3 N–H and O–H groups in total. The van der Waals surface area contributed by atoms with Gasteiger partial charge in [0.1, 0.15) is 17.3 Å². The Balaban J connectivity index is 1.53. The number of hydrogen-bond donors (Lipinski definition) is 3. The highest BCUT2D eigenvalue weighted by Gasteiger charge is 2.45. The second-order valence-electron chi connectivity index (χ2n) is 9.93. The van der Waals surface area contributed by atoms with Gasteiger partial charge in [0.2, 0.25) is 0 Å². The largest absolute Gasteiger partial charge is 0.508 e. The first-order valence-electron chi connectivity index (χ1n) is 12.7. The SMILES string of the molecule is CC(C)COc1cccc(/C(O)=C2\C(=O)C(=O)N(CCc3c[nH]c4ccccc34)C2c2ccc(O)cc2)c1. The van der Waals surface area contributed by atoms with E-state index < -0.39 is 17.7 Å². The average Bonchev–Trinajstić information content (AvgIpc) is 3.44. The number of aromatic amines is 1. The van der Waals surface area contributed by atoms with E-state index >= 15 is 0 Å². The zero-order chi connectivity index (χ0) is 26.8. The smallest absolute Gasteiger partial charge is 0.295 e. The number of benzene rings is 3. The van der Waals surface area contributed by atoms with Crippen LogP contribution in [0.2, 0.25) is 0 Å². The lowest BCUT2D eigenvalue weighted by atomic mass is 9.95. The minimum absolute atomic E-state index is 0.0145. The number of aliphatic hydroxyl groups excluding tert-OH is 1. The number of amides is 1. The topological polar surface area (TPSA) is 103 Å². The fourth-order valence-electron chi connectivity index (χ4n) is 4.84. The number of Topliss-reactive ketones (excluding diaryl/α,β-unsaturated/α-hetero) is 1. The van der Waals surface area contributed by atoms with Crippen molar-refractivity contribution in [3.8, 4) is 11.5 Å². The van der Waals surface area contributed by atoms with Crippen LogP contribution in [0.15, 0.2) is 84.6 Å². The van der Waals surface area contributed by atoms with E-state index in [2.05, 4.69) is 4.98 Å². The van der Waals surface area contributed by atoms with Crippen molar-refractivity contribution in [3.63, 3.8) is 0 Å². The number of aromatic nitrogens is 1. The highest BCUT2D eigenvalue weighted by atomic mass is 16.5. The Bertz CT molecular complexity index is 1520. The normalized spacial score (nSPS) is 17.0. The van der Waals surface area contributed by atoms with Crippen LogP contribution in [-0.4, -0.2) is 44.9 Å². The van der Waals surface area contributed by atoms with Gasteiger partial charge in [-0.25, -0.2) is 0 Å². The Kier molecular flexibility index (Phi) is 6.92. The first kappa shape index (κ1) is 25.1. The molecule has 0 radical (unpaired) electrons. The van der Waals surface area contributed by atoms with E-state index in [1.54, 1.807) is 36.4 Å². The molecule has 1 aromatic heterocycles. The number of H-pyrrole nitrogens is 1. The van der Waals surface area contributed by atoms with Gasteiger partial charge in [0.15, 0.2) is 0 Å². The van der Waals surface area contributed by atoms with E-state index in [-0.39, 0.29) is 23.6 Å². The molecule has 1 amide bonds. The average molecular weight is 511 g/mol. The van der Waals surface area contributed by atoms with Crippen molar-refractivity contribution in [2.75, 3.05) is 13.2 Å². The quantitative estimate of drug-likeness (QED) is 0.163. The van der Waals surface area contributed by atoms with Gasteiger partial charge in [0, 0.05) is 29.2 Å². The van der Waals surface area contributed by atoms with Gasteiger partial charge in [-0.05, 0) is 53.8 Å². The maximum absolute atomic E-state index is 13.4. The number of nitrogens with zero attached hydrogens (tertiary/aromatic N) is 1. The second kappa shape index (κ2) is 10.5. The summed E-state index contributed by atoms with van der Waals surface area (Å²) < 4.78 is 5.80. The Morgan fingerprint density at radius 3 is 2.55 bits per heavy atom. The lowest BCUT2D eigenvalue weighted by Gasteiger charge is -2.25. The number of hydrogen-bond acceptors (Lipinski definition) is 5. The molecule has 7 nitrogen and oxygen atoms in total. The summed E-state index contributed by atoms with van der Waals surface area (Å²) in [5.41, 5.74) is 3.06. The molecular formula is C31H30N2O5. The third-order valence-corrected chi connectivity index (χ3v) is 6.74. The lowest BCUT2D eigenvalue weighted by molar-refractivity contribution is -0.139. The van der Waals surface area contributed by atoms with Crippen LogP contribution in [0.5, 0.6) is 11.5 Å². The second-order valence-corrected chi connectivity index (χ2v) is 9.93. The zero-order valence-electron chi connectivity index (χ0n) is 21.3. The molecular weight excluding hydrogens is 480 g/mol. The number of nitrogens with one attached hydrogen (secondary N) is 1. The van der Waals surface area contributed by atoms with Crippen LogP contribution in [0.25, 0.3) is 16.7 Å². The summed E-state index contributed by atoms with van der Waals surface area (Å²) in [5.74, 6) is -0.711. The Hall–Kier alpha value is -4.52. The Morgan fingerprint density at radius 2 is 1.79 bits per heavy atom. The van der Waals surface area contributed by atoms with Crippen LogP contribution in [0, 0.1) is 5.92 Å². The molecule has 1 saturated heterocycles. The Morgan fingerprint density at radius 1 is 1.03 bits per heavy atom. The monoisotopic (exact) mass is 510 g/mol. The molecule has 0 aliphatic carbocycles. The molecule has 4 aromatic rings. The van der Waals surface area contributed by atoms with Gasteiger partial charge in [0.25, 0.3) is 11.7 Å². The third-order valence-electron chi connectivity index (χ3n) is 6.74. The van der Waals surface area contributed by atoms with E-state index in [0.29, 0.717) is 35.8 Å². The minimum atomic E-state index is -0.805. The predicted octanol–water partition coefficient (Wildman–Crippen LogP) is 5.57. The molecule has 1 aliphatic heterocycles. The zero-order valence-corrected chi connectivity index (χ0v) is 21.3. The van der Waals surface area contributed by atoms with Crippen molar-refractivity contribution in [2.24, 2.45) is 5.92 Å². The number of para-hydroxylation sites is 1. The molecule has 38 heavy (non-hydrogen) atoms. The van der Waals surface area contributed by atoms with Gasteiger partial charge in [0.05, 0.1) is 18.2 Å². The van der Waals surface area contributed by atoms with Gasteiger partial charge in [-0.1, -0.05) is 56.3 Å². The van der Waals surface area contributed by atoms with Gasteiger partial charge in [-0.15, -0.1) is 0 Å². The third kappa shape index (κ3) is 4.87. The van der Waals surface area contributed by atoms with Crippen molar-refractivity contribution >= 4 is 28.4 Å². The van der Waals surface area contributed by atoms with Crippen LogP contribution in [0.4, 0.5) is 0 Å². The molecule has 1 aliphatic rings. The summed E-state index contributed by atoms with van der Waals surface area (Å²) in [5, 5.41) is 22.3. The number of carbonyl (C=O) groups excluding carboxylic acids is 2. The predicted molar refractivity (Wildman–Crippen MR) is 146 cm³/mol. The van der Waals surface area contributed by atoms with Crippen LogP contribution >= 0.6 is 0 Å². The van der Waals surface area contributed by atoms with Crippen LogP contribution in [0.1, 0.15) is 36.6 Å². The maximum Gasteiger partial charge on any atom is 0.295 e. The van der Waals surface area contributed by atoms with Gasteiger partial charge < -0.3 is 24.8 Å². The molecule has 1 unspecified atom stereocenters. The summed E-state index contributed by atoms with van der Waals surface area (Å²) in [4.78, 5) is 31.4. The summed E-state index contributed by atoms with van der Waals surface area (Å²) >= 11 is 0. The van der Waals surface area contributed by atoms with Crippen LogP contribution < -0.4 is 4.74 Å². The number of rotatable bonds is 8. The number of aliphatic hydroxyl groups is 1. The van der Waals surface area contributed by atoms with E-state index in [1.807, 2.05) is 44.3 Å². The standard InChI is InChI=1S/C31H30N2O5/c1-19(2)18-38-24-7-5-6-21(16-24)29(35)27-28(20-10-12-23(34)13-11-20)33(31(37)30(27)36)15-14-22-17-32-26-9-4-3-8-25(22)26/h3-13,16-17,19,28,32,34-35H,14-15,18H2,1-2H3/b29-27+. The number of aromatic hydroxyl groups is 1. The van der Waals surface area contributed by atoms with Gasteiger partial charge in [-0.2, -0.15) is 0 Å². The molecule has 0 bridgehead atoms. The molecule has 2 heterocycles. The number of ether oxygens (including phenoxy) is 1. The number of likely N-dealkylation sites (tertiary alicyclic amines) is 1. The maximum atomic E-state index is 13.4. The summed E-state index contributed by atoms with van der Waals surface area (Å²) in [6.07, 6.45) is 2.43. The van der Waals surface area contributed by atoms with Crippen molar-refractivity contribution in [1.29, 1.82) is 0 Å². The van der Waals surface area contributed by atoms with Gasteiger partial charge >= 0.3 is 0 Å². The van der Waals surface area contributed by atoms with Crippen LogP contribution in [-0.2, 0) is 16.0 Å². The van der Waals surface area contributed by atoms with E-state index in [4.69, 9.17) is 4.74 Å². The highest BCUT2D eigenvalue weighted by molar-refractivity contribution is 6.46. The number of phenols is 1. The molecule has 7 heteroatoms. The molecule has 1 atom stereocenters. The van der Waals surface area contributed by atoms with Crippen molar-refractivity contribution in [2.45, 2.75) is 26.3 Å². The first-order chi connectivity index (χ1) is 18.3. The number of phenolic OH excluding ortho intramolecular Hbond substituents is 1. The molecule has 3 aromatic carbocycles. The van der Waals surface area contributed by atoms with Crippen molar-refractivity contribution in [1.82, 2.24) is 9.88 Å². The number of fused-ring (bicyclic) bond motifs is 1. The molecule has 194 valence electrons. The van der Waals surface area contributed by atoms with E-state index in [1.165, 1.54) is 17.0 Å². The number of ketones is 1. The van der Waals surface area contributed by atoms with Gasteiger partial charge in [-0.3, -0.25) is 9.59 Å². The molecule has 5 rings (SSSR count). The first-order valence-corrected chi connectivity index (χ1v) is 12.7. The molecule has 1 fully saturated rings. The van der Waals surface area contributed by atoms with E-state index in [9.17, 15) is 19.8 Å². The fraction of sp³-hybridized carbons (Fsp3) is 0.226. The van der Waals surface area contributed by atoms with Crippen molar-refractivity contribution < 1.29 is 24.5 Å². The van der Waals surface area contributed by atoms with Crippen LogP contribution in [0.3, 0.4) is 0 Å². The summed E-state index contributed by atoms with van der Waals surface area (Å²) in [6, 6.07) is 20.4. The molecule has 0 saturated carbocycles. The van der Waals surface area contributed by atoms with Crippen molar-refractivity contribution in [3.05, 3.63) is 101 Å². The number of carbonyl (C=O) groups is 2.